The molecular formula is C10H15NO. The molecular weight excluding hydrogens is 150 g/mol. The van der Waals surface area contributed by atoms with Gasteiger partial charge in [0.1, 0.15) is 5.75 Å². The highest BCUT2D eigenvalue weighted by Crippen LogP contribution is 2.23. The van der Waals surface area contributed by atoms with Crippen LogP contribution in [-0.4, -0.2) is 14.2 Å². The van der Waals surface area contributed by atoms with Gasteiger partial charge in [-0.05, 0) is 20.0 Å². The minimum absolute atomic E-state index is 0.334. The maximum atomic E-state index is 5.23. The van der Waals surface area contributed by atoms with Crippen molar-refractivity contribution in [2.45, 2.75) is 13.0 Å². The molecule has 1 aromatic rings. The average Bonchev–Trinajstić information content (AvgIpc) is 2.16. The Labute approximate surface area is 73.6 Å². The topological polar surface area (TPSA) is 21.3 Å². The summed E-state index contributed by atoms with van der Waals surface area (Å²) in [5.74, 6) is 0.944. The number of hydrogen-bond acceptors (Lipinski definition) is 2. The van der Waals surface area contributed by atoms with E-state index in [0.29, 0.717) is 6.04 Å². The molecule has 1 aromatic carbocycles. The van der Waals surface area contributed by atoms with Crippen LogP contribution in [0.1, 0.15) is 18.5 Å². The summed E-state index contributed by atoms with van der Waals surface area (Å²) in [6.45, 7) is 2.11. The van der Waals surface area contributed by atoms with E-state index in [1.54, 1.807) is 7.11 Å². The summed E-state index contributed by atoms with van der Waals surface area (Å²) < 4.78 is 5.23. The summed E-state index contributed by atoms with van der Waals surface area (Å²) in [6, 6.07) is 8.38. The second kappa shape index (κ2) is 4.12. The summed E-state index contributed by atoms with van der Waals surface area (Å²) in [7, 11) is 3.64. The van der Waals surface area contributed by atoms with Crippen LogP contribution in [0.25, 0.3) is 0 Å². The molecule has 0 heterocycles. The highest BCUT2D eigenvalue weighted by Gasteiger charge is 2.06. The number of benzene rings is 1. The number of ether oxygens (including phenoxy) is 1. The van der Waals surface area contributed by atoms with Crippen LogP contribution in [-0.2, 0) is 0 Å². The van der Waals surface area contributed by atoms with Crippen LogP contribution >= 0.6 is 0 Å². The fourth-order valence-electron chi connectivity index (χ4n) is 1.18. The molecule has 12 heavy (non-hydrogen) atoms. The summed E-state index contributed by atoms with van der Waals surface area (Å²) >= 11 is 0. The second-order valence-electron chi connectivity index (χ2n) is 2.75. The van der Waals surface area contributed by atoms with Crippen molar-refractivity contribution in [3.8, 4) is 5.75 Å². The Hall–Kier alpha value is -1.02. The molecule has 0 spiro atoms. The molecule has 0 aliphatic heterocycles. The minimum atomic E-state index is 0.334. The normalized spacial score (nSPS) is 12.6. The van der Waals surface area contributed by atoms with E-state index in [1.165, 1.54) is 5.56 Å². The van der Waals surface area contributed by atoms with Gasteiger partial charge in [-0.25, -0.2) is 0 Å². The predicted molar refractivity (Wildman–Crippen MR) is 50.5 cm³/mol. The number of para-hydroxylation sites is 1. The van der Waals surface area contributed by atoms with Gasteiger partial charge in [-0.1, -0.05) is 18.2 Å². The van der Waals surface area contributed by atoms with E-state index in [0.717, 1.165) is 5.75 Å². The first kappa shape index (κ1) is 9.07. The van der Waals surface area contributed by atoms with Crippen molar-refractivity contribution in [2.24, 2.45) is 0 Å². The zero-order chi connectivity index (χ0) is 8.97. The van der Waals surface area contributed by atoms with Crippen LogP contribution in [0.3, 0.4) is 0 Å². The van der Waals surface area contributed by atoms with Gasteiger partial charge in [-0.3, -0.25) is 0 Å². The first-order valence-corrected chi connectivity index (χ1v) is 4.09. The Morgan fingerprint density at radius 2 is 2.00 bits per heavy atom. The summed E-state index contributed by atoms with van der Waals surface area (Å²) in [5, 5.41) is 3.18. The average molecular weight is 165 g/mol. The SMILES string of the molecule is CN[C@H](C)c1ccccc1OC. The quantitative estimate of drug-likeness (QED) is 0.739. The molecule has 0 amide bonds. The number of rotatable bonds is 3. The van der Waals surface area contributed by atoms with Crippen LogP contribution in [0, 0.1) is 0 Å². The molecule has 0 fully saturated rings. The molecule has 0 aliphatic rings. The zero-order valence-corrected chi connectivity index (χ0v) is 7.79. The molecule has 2 heteroatoms. The van der Waals surface area contributed by atoms with Gasteiger partial charge in [0.15, 0.2) is 0 Å². The van der Waals surface area contributed by atoms with Gasteiger partial charge in [0.05, 0.1) is 7.11 Å². The number of hydrogen-bond donors (Lipinski definition) is 1. The van der Waals surface area contributed by atoms with Crippen molar-refractivity contribution in [3.63, 3.8) is 0 Å². The van der Waals surface area contributed by atoms with Crippen molar-refractivity contribution in [1.82, 2.24) is 5.32 Å². The number of nitrogens with one attached hydrogen (secondary N) is 1. The van der Waals surface area contributed by atoms with Crippen LogP contribution in [0.4, 0.5) is 0 Å². The highest BCUT2D eigenvalue weighted by atomic mass is 16.5. The van der Waals surface area contributed by atoms with Gasteiger partial charge < -0.3 is 10.1 Å². The summed E-state index contributed by atoms with van der Waals surface area (Å²) in [6.07, 6.45) is 0. The van der Waals surface area contributed by atoms with E-state index in [-0.39, 0.29) is 0 Å². The van der Waals surface area contributed by atoms with Gasteiger partial charge in [0.2, 0.25) is 0 Å². The Balaban J connectivity index is 2.96. The molecule has 0 aliphatic carbocycles. The van der Waals surface area contributed by atoms with Gasteiger partial charge >= 0.3 is 0 Å². The van der Waals surface area contributed by atoms with Gasteiger partial charge in [-0.2, -0.15) is 0 Å². The molecule has 66 valence electrons. The lowest BCUT2D eigenvalue weighted by atomic mass is 10.1. The van der Waals surface area contributed by atoms with E-state index in [1.807, 2.05) is 25.2 Å². The van der Waals surface area contributed by atoms with E-state index >= 15 is 0 Å². The molecule has 0 bridgehead atoms. The fraction of sp³-hybridized carbons (Fsp3) is 0.400. The van der Waals surface area contributed by atoms with Crippen molar-refractivity contribution < 1.29 is 4.74 Å². The molecule has 0 saturated carbocycles. The first-order valence-electron chi connectivity index (χ1n) is 4.09. The van der Waals surface area contributed by atoms with Crippen LogP contribution in [0.2, 0.25) is 0 Å². The van der Waals surface area contributed by atoms with Gasteiger partial charge in [0, 0.05) is 11.6 Å². The van der Waals surface area contributed by atoms with Crippen LogP contribution in [0.5, 0.6) is 5.75 Å². The maximum Gasteiger partial charge on any atom is 0.123 e. The maximum absolute atomic E-state index is 5.23. The van der Waals surface area contributed by atoms with Crippen LogP contribution in [0.15, 0.2) is 24.3 Å². The first-order chi connectivity index (χ1) is 5.79. The monoisotopic (exact) mass is 165 g/mol. The lowest BCUT2D eigenvalue weighted by molar-refractivity contribution is 0.404. The van der Waals surface area contributed by atoms with Crippen LogP contribution < -0.4 is 10.1 Å². The largest absolute Gasteiger partial charge is 0.496 e. The second-order valence-corrected chi connectivity index (χ2v) is 2.75. The Bertz CT molecular complexity index is 247. The van der Waals surface area contributed by atoms with Crippen molar-refractivity contribution >= 4 is 0 Å². The van der Waals surface area contributed by atoms with E-state index < -0.39 is 0 Å². The lowest BCUT2D eigenvalue weighted by Crippen LogP contribution is -2.13. The van der Waals surface area contributed by atoms with Crippen molar-refractivity contribution in [2.75, 3.05) is 14.2 Å². The molecule has 1 N–H and O–H groups in total. The van der Waals surface area contributed by atoms with Gasteiger partial charge in [0.25, 0.3) is 0 Å². The van der Waals surface area contributed by atoms with E-state index in [9.17, 15) is 0 Å². The highest BCUT2D eigenvalue weighted by molar-refractivity contribution is 5.35. The zero-order valence-electron chi connectivity index (χ0n) is 7.79. The fourth-order valence-corrected chi connectivity index (χ4v) is 1.18. The van der Waals surface area contributed by atoms with E-state index in [4.69, 9.17) is 4.74 Å². The third-order valence-electron chi connectivity index (χ3n) is 2.04. The van der Waals surface area contributed by atoms with Crippen molar-refractivity contribution in [3.05, 3.63) is 29.8 Å². The molecule has 0 saturated heterocycles. The standard InChI is InChI=1S/C10H15NO/c1-8(11-2)9-6-4-5-7-10(9)12-3/h4-8,11H,1-3H3/t8-/m1/s1. The van der Waals surface area contributed by atoms with Gasteiger partial charge in [-0.15, -0.1) is 0 Å². The molecule has 1 rings (SSSR count). The smallest absolute Gasteiger partial charge is 0.123 e. The van der Waals surface area contributed by atoms with Crippen molar-refractivity contribution in [1.29, 1.82) is 0 Å². The predicted octanol–water partition coefficient (Wildman–Crippen LogP) is 1.98. The Kier molecular flexibility index (Phi) is 3.11. The summed E-state index contributed by atoms with van der Waals surface area (Å²) in [4.78, 5) is 0. The van der Waals surface area contributed by atoms with E-state index in [2.05, 4.69) is 18.3 Å². The minimum Gasteiger partial charge on any atom is -0.496 e. The third-order valence-corrected chi connectivity index (χ3v) is 2.04. The number of methoxy groups -OCH3 is 1. The Morgan fingerprint density at radius 3 is 2.58 bits per heavy atom. The molecule has 2 nitrogen and oxygen atoms in total. The lowest BCUT2D eigenvalue weighted by Gasteiger charge is -2.14. The third kappa shape index (κ3) is 1.77. The molecule has 0 unspecified atom stereocenters. The molecule has 1 atom stereocenters. The summed E-state index contributed by atoms with van der Waals surface area (Å²) in [5.41, 5.74) is 1.20. The molecule has 0 aromatic heterocycles. The Morgan fingerprint density at radius 1 is 1.33 bits per heavy atom. The molecule has 0 radical (unpaired) electrons.